The quantitative estimate of drug-likeness (QED) is 0.0993. The second kappa shape index (κ2) is 28.0. The molecule has 4 aliphatic carbocycles. The van der Waals surface area contributed by atoms with Gasteiger partial charge in [-0.05, 0) is 247 Å². The van der Waals surface area contributed by atoms with Gasteiger partial charge in [-0.3, -0.25) is 0 Å². The Morgan fingerprint density at radius 1 is 0.224 bits per heavy atom. The molecule has 1 fully saturated rings. The summed E-state index contributed by atoms with van der Waals surface area (Å²) in [5.74, 6) is 0. The second-order valence-electron chi connectivity index (χ2n) is 34.8. The first-order valence-corrected chi connectivity index (χ1v) is 43.2. The number of hydrogen-bond donors (Lipinski definition) is 0. The minimum atomic E-state index is -0.456. The molecule has 5 aliphatic rings. The summed E-state index contributed by atoms with van der Waals surface area (Å²) in [5.41, 5.74) is 30.1. The average molecular weight is 1620 g/mol. The third-order valence-electron chi connectivity index (χ3n) is 27.9. The Morgan fingerprint density at radius 2 is 0.504 bits per heavy atom. The molecule has 18 aromatic carbocycles. The number of fused-ring (bicyclic) bond motifs is 38. The molecule has 125 heavy (non-hydrogen) atoms. The molecule has 0 radical (unpaired) electrons. The number of benzene rings is 18. The van der Waals surface area contributed by atoms with Crippen LogP contribution in [0.1, 0.15) is 79.6 Å². The van der Waals surface area contributed by atoms with Crippen molar-refractivity contribution < 1.29 is 9.31 Å². The molecule has 5 heterocycles. The van der Waals surface area contributed by atoms with E-state index in [1.54, 1.807) is 6.07 Å². The van der Waals surface area contributed by atoms with Gasteiger partial charge in [0.2, 0.25) is 0 Å². The van der Waals surface area contributed by atoms with E-state index in [9.17, 15) is 0 Å². The SMILES string of the molecule is C.CC1(C)OB(c2ccc3c(c2)-c2cc4c5ccccc5c5ccccc5c4cc2C32c3ccccc3-c3ccccc32)OC1(C)C.Clc1ccc2ccc3ccc(-c4ccccc4)nc3c2n1.c1ccc(-c2ccc3ccc4ccc(-c5ccc6c(c5)-c5cc7c8ccccc8c8ccccc8c7cc5C65c6ccccc6-c6ccccc65)nc4c3n2)cc1. The lowest BCUT2D eigenvalue weighted by Crippen LogP contribution is -2.41. The van der Waals surface area contributed by atoms with Crippen molar-refractivity contribution in [2.75, 3.05) is 0 Å². The number of aromatic nitrogens is 4. The fraction of sp³-hybridized carbons (Fsp3) is 0.0769. The molecule has 0 N–H and O–H groups in total. The summed E-state index contributed by atoms with van der Waals surface area (Å²) in [7, 11) is -0.427. The topological polar surface area (TPSA) is 70.0 Å². The van der Waals surface area contributed by atoms with Crippen LogP contribution in [0.3, 0.4) is 0 Å². The molecule has 0 amide bonds. The van der Waals surface area contributed by atoms with E-state index in [0.29, 0.717) is 5.15 Å². The first-order chi connectivity index (χ1) is 60.9. The lowest BCUT2D eigenvalue weighted by atomic mass is 9.69. The van der Waals surface area contributed by atoms with Gasteiger partial charge in [0.15, 0.2) is 0 Å². The van der Waals surface area contributed by atoms with E-state index in [0.717, 1.165) is 82.8 Å². The first-order valence-electron chi connectivity index (χ1n) is 42.8. The highest BCUT2D eigenvalue weighted by Gasteiger charge is 2.56. The molecular formula is C117H80BClN4O2. The fourth-order valence-electron chi connectivity index (χ4n) is 21.6. The van der Waals surface area contributed by atoms with Crippen LogP contribution in [0.25, 0.3) is 187 Å². The van der Waals surface area contributed by atoms with Crippen LogP contribution in [0.5, 0.6) is 0 Å². The Hall–Kier alpha value is -14.6. The average Bonchev–Trinajstić information content (AvgIpc) is 1.51. The van der Waals surface area contributed by atoms with Crippen molar-refractivity contribution in [1.29, 1.82) is 0 Å². The van der Waals surface area contributed by atoms with Gasteiger partial charge in [-0.25, -0.2) is 19.9 Å². The van der Waals surface area contributed by atoms with Crippen molar-refractivity contribution in [2.24, 2.45) is 0 Å². The van der Waals surface area contributed by atoms with Crippen molar-refractivity contribution >= 4 is 132 Å². The third kappa shape index (κ3) is 10.9. The third-order valence-corrected chi connectivity index (χ3v) is 28.1. The maximum Gasteiger partial charge on any atom is 0.494 e. The van der Waals surface area contributed by atoms with Gasteiger partial charge in [-0.1, -0.05) is 347 Å². The monoisotopic (exact) mass is 1620 g/mol. The summed E-state index contributed by atoms with van der Waals surface area (Å²) in [5, 5.41) is 20.3. The van der Waals surface area contributed by atoms with Crippen molar-refractivity contribution in [3.05, 3.63) is 438 Å². The van der Waals surface area contributed by atoms with Gasteiger partial charge in [-0.2, -0.15) is 0 Å². The lowest BCUT2D eigenvalue weighted by Gasteiger charge is -2.32. The highest BCUT2D eigenvalue weighted by atomic mass is 35.5. The van der Waals surface area contributed by atoms with Gasteiger partial charge >= 0.3 is 7.12 Å². The molecular weight excluding hydrogens is 1540 g/mol. The van der Waals surface area contributed by atoms with E-state index in [-0.39, 0.29) is 7.43 Å². The summed E-state index contributed by atoms with van der Waals surface area (Å²) in [6, 6.07) is 141. The van der Waals surface area contributed by atoms with Crippen molar-refractivity contribution in [1.82, 2.24) is 19.9 Å². The largest absolute Gasteiger partial charge is 0.494 e. The Labute approximate surface area is 729 Å². The van der Waals surface area contributed by atoms with Crippen LogP contribution >= 0.6 is 11.6 Å². The van der Waals surface area contributed by atoms with Crippen molar-refractivity contribution in [2.45, 2.75) is 57.2 Å². The van der Waals surface area contributed by atoms with Crippen LogP contribution in [0.15, 0.2) is 388 Å². The van der Waals surface area contributed by atoms with E-state index >= 15 is 0 Å². The molecule has 0 saturated carbocycles. The van der Waals surface area contributed by atoms with E-state index in [1.807, 2.05) is 42.5 Å². The van der Waals surface area contributed by atoms with Gasteiger partial charge in [0.1, 0.15) is 5.15 Å². The molecule has 8 heteroatoms. The zero-order valence-electron chi connectivity index (χ0n) is 68.5. The van der Waals surface area contributed by atoms with Crippen LogP contribution in [-0.4, -0.2) is 38.3 Å². The standard InChI is InChI=1S/C55H32N2.C43H33BO2.C18H11ClN2.CH4/c1-2-12-33(13-3-1)51-28-25-34-22-23-35-26-29-52(57-54(35)53(34)56-51)36-24-27-49-45(30-36)46-31-43-39-16-6-4-14-37(39)38-15-5-7-17-40(38)44(43)32-50(46)55(49)47-20-10-8-18-41(47)42-19-9-11-21-48(42)55;1-41(2)42(3,4)46-44(45-41)26-21-22-39-35(23-26)36-24-33-29-15-7-5-13-27(29)28-14-6-8-16-30(28)34(33)25-40(36)43(39)37-19-11-9-17-31(37)32-18-10-12-20-38(32)43;19-16-11-9-14-7-6-13-8-10-15(12-4-2-1-3-5-12)20-17(13)18(14)21-16;/h1-32H;5-25H,1-4H3;1-11H;1H4. The second-order valence-corrected chi connectivity index (χ2v) is 35.2. The minimum Gasteiger partial charge on any atom is -0.399 e. The summed E-state index contributed by atoms with van der Waals surface area (Å²) in [6.07, 6.45) is 0. The maximum absolute atomic E-state index is 6.58. The Kier molecular flexibility index (Phi) is 16.6. The summed E-state index contributed by atoms with van der Waals surface area (Å²) in [6.45, 7) is 8.49. The predicted octanol–water partition coefficient (Wildman–Crippen LogP) is 29.4. The van der Waals surface area contributed by atoms with Gasteiger partial charge in [0, 0.05) is 38.2 Å². The molecule has 6 nitrogen and oxygen atoms in total. The molecule has 0 atom stereocenters. The molecule has 4 aromatic heterocycles. The molecule has 2 spiro atoms. The number of hydrogen-bond acceptors (Lipinski definition) is 6. The highest BCUT2D eigenvalue weighted by Crippen LogP contribution is 2.66. The maximum atomic E-state index is 6.58. The number of nitrogens with zero attached hydrogens (tertiary/aromatic N) is 4. The van der Waals surface area contributed by atoms with Crippen molar-refractivity contribution in [3.8, 4) is 78.3 Å². The fourth-order valence-corrected chi connectivity index (χ4v) is 21.7. The smallest absolute Gasteiger partial charge is 0.399 e. The number of halogens is 1. The zero-order valence-corrected chi connectivity index (χ0v) is 69.3. The van der Waals surface area contributed by atoms with Crippen LogP contribution in [0, 0.1) is 0 Å². The normalized spacial score (nSPS) is 14.6. The Balaban J connectivity index is 0.000000115. The number of rotatable bonds is 4. The lowest BCUT2D eigenvalue weighted by molar-refractivity contribution is 0.00578. The molecule has 22 aromatic rings. The van der Waals surface area contributed by atoms with Crippen LogP contribution in [-0.2, 0) is 20.1 Å². The first kappa shape index (κ1) is 74.3. The van der Waals surface area contributed by atoms with Crippen LogP contribution in [0.4, 0.5) is 0 Å². The van der Waals surface area contributed by atoms with E-state index in [4.69, 9.17) is 35.9 Å². The summed E-state index contributed by atoms with van der Waals surface area (Å²) >= 11 is 6.04. The van der Waals surface area contributed by atoms with Crippen LogP contribution in [0.2, 0.25) is 5.15 Å². The Bertz CT molecular complexity index is 8260. The van der Waals surface area contributed by atoms with Crippen molar-refractivity contribution in [3.63, 3.8) is 0 Å². The van der Waals surface area contributed by atoms with Gasteiger partial charge < -0.3 is 9.31 Å². The molecule has 590 valence electrons. The molecule has 0 unspecified atom stereocenters. The summed E-state index contributed by atoms with van der Waals surface area (Å²) in [4.78, 5) is 19.8. The van der Waals surface area contributed by atoms with Crippen LogP contribution < -0.4 is 5.46 Å². The van der Waals surface area contributed by atoms with Gasteiger partial charge in [-0.15, -0.1) is 0 Å². The predicted molar refractivity (Wildman–Crippen MR) is 522 cm³/mol. The number of pyridine rings is 4. The molecule has 0 bridgehead atoms. The Morgan fingerprint density at radius 3 is 0.888 bits per heavy atom. The van der Waals surface area contributed by atoms with E-state index < -0.39 is 29.2 Å². The zero-order chi connectivity index (χ0) is 82.5. The van der Waals surface area contributed by atoms with E-state index in [1.165, 1.54) is 154 Å². The molecule has 27 rings (SSSR count). The highest BCUT2D eigenvalue weighted by molar-refractivity contribution is 6.62. The minimum absolute atomic E-state index is 0. The van der Waals surface area contributed by atoms with Gasteiger partial charge in [0.25, 0.3) is 0 Å². The molecule has 1 saturated heterocycles. The summed E-state index contributed by atoms with van der Waals surface area (Å²) < 4.78 is 13.2. The van der Waals surface area contributed by atoms with Gasteiger partial charge in [0.05, 0.1) is 61.2 Å². The molecule has 1 aliphatic heterocycles. The van der Waals surface area contributed by atoms with E-state index in [2.05, 4.69) is 372 Å².